The highest BCUT2D eigenvalue weighted by atomic mass is 32.2. The van der Waals surface area contributed by atoms with E-state index in [-0.39, 0.29) is 15.5 Å². The minimum absolute atomic E-state index is 0.0245. The summed E-state index contributed by atoms with van der Waals surface area (Å²) in [6.45, 7) is 0. The van der Waals surface area contributed by atoms with Gasteiger partial charge < -0.3 is 16.8 Å². The standard InChI is InChI=1S/C13H13N3O3S/c14-9-5-7-10(8-6-9)20(18,19)12-4-2-1-3-11(12)16-13(15)17/h1-8H,14H2,(H3,15,16,17). The number of carbonyl (C=O) groups is 1. The predicted molar refractivity (Wildman–Crippen MR) is 76.0 cm³/mol. The fourth-order valence-electron chi connectivity index (χ4n) is 1.71. The van der Waals surface area contributed by atoms with Crippen LogP contribution in [0.3, 0.4) is 0 Å². The van der Waals surface area contributed by atoms with E-state index >= 15 is 0 Å². The van der Waals surface area contributed by atoms with Crippen LogP contribution in [0.4, 0.5) is 16.2 Å². The molecule has 2 rings (SSSR count). The highest BCUT2D eigenvalue weighted by Crippen LogP contribution is 2.27. The average Bonchev–Trinajstić information content (AvgIpc) is 2.39. The molecule has 2 aromatic rings. The lowest BCUT2D eigenvalue weighted by Gasteiger charge is -2.10. The topological polar surface area (TPSA) is 115 Å². The molecule has 5 N–H and O–H groups in total. The molecule has 0 atom stereocenters. The van der Waals surface area contributed by atoms with Crippen molar-refractivity contribution in [1.82, 2.24) is 0 Å². The first-order chi connectivity index (χ1) is 9.41. The Bertz CT molecular complexity index is 740. The molecule has 2 amide bonds. The van der Waals surface area contributed by atoms with Gasteiger partial charge in [0.1, 0.15) is 0 Å². The van der Waals surface area contributed by atoms with Crippen molar-refractivity contribution in [3.8, 4) is 0 Å². The molecule has 0 bridgehead atoms. The summed E-state index contributed by atoms with van der Waals surface area (Å²) in [7, 11) is -3.76. The second-order valence-electron chi connectivity index (χ2n) is 4.06. The molecule has 0 aliphatic heterocycles. The van der Waals surface area contributed by atoms with Crippen molar-refractivity contribution in [2.24, 2.45) is 5.73 Å². The van der Waals surface area contributed by atoms with Crippen LogP contribution in [-0.2, 0) is 9.84 Å². The summed E-state index contributed by atoms with van der Waals surface area (Å²) in [6.07, 6.45) is 0. The van der Waals surface area contributed by atoms with Crippen LogP contribution < -0.4 is 16.8 Å². The highest BCUT2D eigenvalue weighted by molar-refractivity contribution is 7.91. The zero-order chi connectivity index (χ0) is 14.8. The Labute approximate surface area is 116 Å². The zero-order valence-electron chi connectivity index (χ0n) is 10.4. The molecule has 0 saturated heterocycles. The third-order valence-electron chi connectivity index (χ3n) is 2.62. The van der Waals surface area contributed by atoms with E-state index in [9.17, 15) is 13.2 Å². The summed E-state index contributed by atoms with van der Waals surface area (Å²) in [5.74, 6) is 0. The van der Waals surface area contributed by atoms with E-state index in [0.29, 0.717) is 5.69 Å². The number of hydrogen-bond donors (Lipinski definition) is 3. The molecule has 0 heterocycles. The Hall–Kier alpha value is -2.54. The lowest BCUT2D eigenvalue weighted by molar-refractivity contribution is 0.259. The number of benzene rings is 2. The van der Waals surface area contributed by atoms with Crippen LogP contribution in [0.5, 0.6) is 0 Å². The van der Waals surface area contributed by atoms with Gasteiger partial charge in [-0.1, -0.05) is 12.1 Å². The van der Waals surface area contributed by atoms with Crippen LogP contribution >= 0.6 is 0 Å². The molecule has 0 fully saturated rings. The van der Waals surface area contributed by atoms with Gasteiger partial charge in [0.25, 0.3) is 0 Å². The third-order valence-corrected chi connectivity index (χ3v) is 4.45. The van der Waals surface area contributed by atoms with Crippen molar-refractivity contribution in [2.45, 2.75) is 9.79 Å². The van der Waals surface area contributed by atoms with Crippen LogP contribution in [0.15, 0.2) is 58.3 Å². The van der Waals surface area contributed by atoms with Gasteiger partial charge >= 0.3 is 6.03 Å². The number of urea groups is 1. The Morgan fingerprint density at radius 1 is 1.00 bits per heavy atom. The van der Waals surface area contributed by atoms with Crippen molar-refractivity contribution >= 4 is 27.2 Å². The SMILES string of the molecule is NC(=O)Nc1ccccc1S(=O)(=O)c1ccc(N)cc1. The van der Waals surface area contributed by atoms with Crippen molar-refractivity contribution in [3.63, 3.8) is 0 Å². The molecule has 0 aromatic heterocycles. The van der Waals surface area contributed by atoms with E-state index in [1.54, 1.807) is 12.1 Å². The molecule has 0 aliphatic rings. The predicted octanol–water partition coefficient (Wildman–Crippen LogP) is 1.59. The van der Waals surface area contributed by atoms with Crippen molar-refractivity contribution < 1.29 is 13.2 Å². The number of para-hydroxylation sites is 1. The molecule has 2 aromatic carbocycles. The largest absolute Gasteiger partial charge is 0.399 e. The van der Waals surface area contributed by atoms with E-state index in [1.807, 2.05) is 0 Å². The first kappa shape index (κ1) is 13.9. The number of nitrogens with one attached hydrogen (secondary N) is 1. The van der Waals surface area contributed by atoms with Crippen molar-refractivity contribution in [2.75, 3.05) is 11.1 Å². The van der Waals surface area contributed by atoms with Crippen LogP contribution in [0, 0.1) is 0 Å². The van der Waals surface area contributed by atoms with Gasteiger partial charge in [0.05, 0.1) is 15.5 Å². The highest BCUT2D eigenvalue weighted by Gasteiger charge is 2.21. The fraction of sp³-hybridized carbons (Fsp3) is 0. The number of nitrogen functional groups attached to an aromatic ring is 1. The van der Waals surface area contributed by atoms with Gasteiger partial charge in [-0.3, -0.25) is 0 Å². The molecule has 6 nitrogen and oxygen atoms in total. The summed E-state index contributed by atoms with van der Waals surface area (Å²) in [4.78, 5) is 11.0. The summed E-state index contributed by atoms with van der Waals surface area (Å²) in [6, 6.07) is 11.0. The first-order valence-corrected chi connectivity index (χ1v) is 7.15. The van der Waals surface area contributed by atoms with Gasteiger partial charge in [-0.05, 0) is 36.4 Å². The monoisotopic (exact) mass is 291 g/mol. The number of primary amides is 1. The maximum absolute atomic E-state index is 12.5. The van der Waals surface area contributed by atoms with Gasteiger partial charge in [0, 0.05) is 5.69 Å². The van der Waals surface area contributed by atoms with E-state index < -0.39 is 15.9 Å². The van der Waals surface area contributed by atoms with Crippen LogP contribution in [0.2, 0.25) is 0 Å². The molecular weight excluding hydrogens is 278 g/mol. The Morgan fingerprint density at radius 3 is 2.20 bits per heavy atom. The number of amides is 2. The third kappa shape index (κ3) is 2.72. The fourth-order valence-corrected chi connectivity index (χ4v) is 3.13. The smallest absolute Gasteiger partial charge is 0.316 e. The minimum atomic E-state index is -3.76. The maximum Gasteiger partial charge on any atom is 0.316 e. The molecule has 0 unspecified atom stereocenters. The van der Waals surface area contributed by atoms with Crippen LogP contribution in [0.1, 0.15) is 0 Å². The number of carbonyl (C=O) groups excluding carboxylic acids is 1. The summed E-state index contributed by atoms with van der Waals surface area (Å²) in [5.41, 5.74) is 11.2. The van der Waals surface area contributed by atoms with E-state index in [2.05, 4.69) is 5.32 Å². The molecule has 20 heavy (non-hydrogen) atoms. The summed E-state index contributed by atoms with van der Waals surface area (Å²) in [5, 5.41) is 2.30. The van der Waals surface area contributed by atoms with Crippen molar-refractivity contribution in [3.05, 3.63) is 48.5 Å². The number of anilines is 2. The molecule has 0 spiro atoms. The van der Waals surface area contributed by atoms with Gasteiger partial charge in [-0.25, -0.2) is 13.2 Å². The first-order valence-electron chi connectivity index (χ1n) is 5.67. The second kappa shape index (κ2) is 5.22. The maximum atomic E-state index is 12.5. The quantitative estimate of drug-likeness (QED) is 0.745. The normalized spacial score (nSPS) is 11.0. The second-order valence-corrected chi connectivity index (χ2v) is 5.98. The lowest BCUT2D eigenvalue weighted by Crippen LogP contribution is -2.21. The molecule has 7 heteroatoms. The number of nitrogens with two attached hydrogens (primary N) is 2. The van der Waals surface area contributed by atoms with E-state index in [4.69, 9.17) is 11.5 Å². The molecule has 104 valence electrons. The van der Waals surface area contributed by atoms with Gasteiger partial charge in [-0.15, -0.1) is 0 Å². The van der Waals surface area contributed by atoms with E-state index in [0.717, 1.165) is 0 Å². The van der Waals surface area contributed by atoms with E-state index in [1.165, 1.54) is 36.4 Å². The van der Waals surface area contributed by atoms with Gasteiger partial charge in [0.15, 0.2) is 0 Å². The molecule has 0 radical (unpaired) electrons. The Kier molecular flexibility index (Phi) is 3.62. The summed E-state index contributed by atoms with van der Waals surface area (Å²) >= 11 is 0. The number of rotatable bonds is 3. The lowest BCUT2D eigenvalue weighted by atomic mass is 10.3. The summed E-state index contributed by atoms with van der Waals surface area (Å²) < 4.78 is 25.0. The number of hydrogen-bond acceptors (Lipinski definition) is 4. The number of sulfone groups is 1. The van der Waals surface area contributed by atoms with Gasteiger partial charge in [0.2, 0.25) is 9.84 Å². The van der Waals surface area contributed by atoms with Gasteiger partial charge in [-0.2, -0.15) is 0 Å². The minimum Gasteiger partial charge on any atom is -0.399 e. The average molecular weight is 291 g/mol. The van der Waals surface area contributed by atoms with Crippen LogP contribution in [0.25, 0.3) is 0 Å². The van der Waals surface area contributed by atoms with Crippen molar-refractivity contribution in [1.29, 1.82) is 0 Å². The Morgan fingerprint density at radius 2 is 1.60 bits per heavy atom. The molecule has 0 saturated carbocycles. The molecular formula is C13H13N3O3S. The Balaban J connectivity index is 2.54. The van der Waals surface area contributed by atoms with Crippen LogP contribution in [-0.4, -0.2) is 14.4 Å². The molecule has 0 aliphatic carbocycles. The zero-order valence-corrected chi connectivity index (χ0v) is 11.2.